The number of carbonyl (C=O) groups excluding carboxylic acids is 2. The number of nitrogens with one attached hydrogen (secondary N) is 2. The van der Waals surface area contributed by atoms with Crippen molar-refractivity contribution in [3.63, 3.8) is 0 Å². The zero-order chi connectivity index (χ0) is 13.1. The van der Waals surface area contributed by atoms with Crippen LogP contribution in [0.5, 0.6) is 0 Å². The highest BCUT2D eigenvalue weighted by Crippen LogP contribution is 2.24. The zero-order valence-electron chi connectivity index (χ0n) is 11.2. The van der Waals surface area contributed by atoms with Crippen LogP contribution < -0.4 is 10.6 Å². The van der Waals surface area contributed by atoms with Crippen molar-refractivity contribution < 1.29 is 9.59 Å². The number of imide groups is 1. The highest BCUT2D eigenvalue weighted by molar-refractivity contribution is 5.98. The first-order valence-corrected chi connectivity index (χ1v) is 6.95. The Kier molecular flexibility index (Phi) is 4.22. The lowest BCUT2D eigenvalue weighted by molar-refractivity contribution is -0.129. The van der Waals surface area contributed by atoms with Gasteiger partial charge < -0.3 is 10.6 Å². The van der Waals surface area contributed by atoms with Crippen LogP contribution in [-0.4, -0.2) is 42.0 Å². The molecule has 5 heteroatoms. The van der Waals surface area contributed by atoms with Gasteiger partial charge in [0.2, 0.25) is 5.91 Å². The van der Waals surface area contributed by atoms with Crippen molar-refractivity contribution in [2.45, 2.75) is 51.6 Å². The maximum atomic E-state index is 12.1. The van der Waals surface area contributed by atoms with Crippen LogP contribution in [0.15, 0.2) is 0 Å². The van der Waals surface area contributed by atoms with E-state index >= 15 is 0 Å². The molecular formula is C13H23N3O2. The molecule has 0 aromatic heterocycles. The smallest absolute Gasteiger partial charge is 0.324 e. The van der Waals surface area contributed by atoms with Crippen molar-refractivity contribution in [1.82, 2.24) is 15.5 Å². The molecule has 2 fully saturated rings. The van der Waals surface area contributed by atoms with Gasteiger partial charge in [-0.2, -0.15) is 0 Å². The van der Waals surface area contributed by atoms with Crippen LogP contribution in [0.3, 0.4) is 0 Å². The highest BCUT2D eigenvalue weighted by atomic mass is 16.2. The van der Waals surface area contributed by atoms with E-state index in [9.17, 15) is 9.59 Å². The third kappa shape index (κ3) is 2.83. The first-order valence-electron chi connectivity index (χ1n) is 6.95. The summed E-state index contributed by atoms with van der Waals surface area (Å²) in [5, 5.41) is 6.05. The van der Waals surface area contributed by atoms with Gasteiger partial charge in [0.05, 0.1) is 6.04 Å². The van der Waals surface area contributed by atoms with Crippen LogP contribution in [0.1, 0.15) is 39.5 Å². The van der Waals surface area contributed by atoms with Crippen molar-refractivity contribution in [3.05, 3.63) is 0 Å². The van der Waals surface area contributed by atoms with Crippen molar-refractivity contribution in [2.75, 3.05) is 13.1 Å². The Morgan fingerprint density at radius 3 is 2.78 bits per heavy atom. The van der Waals surface area contributed by atoms with E-state index in [4.69, 9.17) is 0 Å². The summed E-state index contributed by atoms with van der Waals surface area (Å²) in [7, 11) is 0. The van der Waals surface area contributed by atoms with Crippen molar-refractivity contribution in [2.24, 2.45) is 5.92 Å². The summed E-state index contributed by atoms with van der Waals surface area (Å²) in [5.41, 5.74) is 0. The molecule has 0 aromatic rings. The van der Waals surface area contributed by atoms with Crippen LogP contribution in [0.2, 0.25) is 0 Å². The van der Waals surface area contributed by atoms with E-state index in [2.05, 4.69) is 17.6 Å². The lowest BCUT2D eigenvalue weighted by Crippen LogP contribution is -2.51. The van der Waals surface area contributed by atoms with Crippen LogP contribution in [-0.2, 0) is 4.79 Å². The summed E-state index contributed by atoms with van der Waals surface area (Å²) < 4.78 is 0. The minimum atomic E-state index is -0.278. The number of amides is 3. The van der Waals surface area contributed by atoms with Gasteiger partial charge in [-0.15, -0.1) is 0 Å². The second-order valence-electron chi connectivity index (χ2n) is 5.48. The van der Waals surface area contributed by atoms with Gasteiger partial charge in [-0.3, -0.25) is 9.69 Å². The molecule has 102 valence electrons. The van der Waals surface area contributed by atoms with E-state index < -0.39 is 0 Å². The Morgan fingerprint density at radius 2 is 2.17 bits per heavy atom. The Hall–Kier alpha value is -1.10. The summed E-state index contributed by atoms with van der Waals surface area (Å²) in [5.74, 6) is 0.504. The number of carbonyl (C=O) groups is 2. The predicted molar refractivity (Wildman–Crippen MR) is 69.1 cm³/mol. The van der Waals surface area contributed by atoms with Gasteiger partial charge in [0, 0.05) is 19.1 Å². The van der Waals surface area contributed by atoms with Gasteiger partial charge >= 0.3 is 6.03 Å². The van der Waals surface area contributed by atoms with Crippen LogP contribution in [0, 0.1) is 5.92 Å². The van der Waals surface area contributed by atoms with Crippen LogP contribution in [0.4, 0.5) is 4.79 Å². The first-order chi connectivity index (χ1) is 8.59. The number of rotatable bonds is 3. The van der Waals surface area contributed by atoms with Gasteiger partial charge in [0.15, 0.2) is 0 Å². The Balaban J connectivity index is 1.88. The number of hydrogen-bond acceptors (Lipinski definition) is 3. The van der Waals surface area contributed by atoms with E-state index in [0.29, 0.717) is 25.0 Å². The predicted octanol–water partition coefficient (Wildman–Crippen LogP) is 1.09. The summed E-state index contributed by atoms with van der Waals surface area (Å²) in [6, 6.07) is -0.131. The second-order valence-corrected chi connectivity index (χ2v) is 5.48. The molecule has 0 aromatic carbocycles. The molecule has 2 N–H and O–H groups in total. The fourth-order valence-corrected chi connectivity index (χ4v) is 2.87. The quantitative estimate of drug-likeness (QED) is 0.791. The van der Waals surface area contributed by atoms with E-state index in [1.54, 1.807) is 0 Å². The van der Waals surface area contributed by atoms with E-state index in [1.165, 1.54) is 24.2 Å². The van der Waals surface area contributed by atoms with Crippen molar-refractivity contribution in [1.29, 1.82) is 0 Å². The molecule has 0 spiro atoms. The minimum absolute atomic E-state index is 0.109. The van der Waals surface area contributed by atoms with Gasteiger partial charge in [-0.1, -0.05) is 19.8 Å². The largest absolute Gasteiger partial charge is 0.336 e. The number of nitrogens with zero attached hydrogens (tertiary/aromatic N) is 1. The lowest BCUT2D eigenvalue weighted by Gasteiger charge is -2.32. The molecule has 0 bridgehead atoms. The Labute approximate surface area is 108 Å². The zero-order valence-corrected chi connectivity index (χ0v) is 11.2. The van der Waals surface area contributed by atoms with E-state index in [0.717, 1.165) is 6.42 Å². The third-order valence-corrected chi connectivity index (χ3v) is 4.07. The minimum Gasteiger partial charge on any atom is -0.336 e. The summed E-state index contributed by atoms with van der Waals surface area (Å²) in [4.78, 5) is 24.9. The molecule has 1 saturated heterocycles. The average Bonchev–Trinajstić information content (AvgIpc) is 2.77. The molecule has 1 saturated carbocycles. The van der Waals surface area contributed by atoms with Gasteiger partial charge in [0.1, 0.15) is 0 Å². The van der Waals surface area contributed by atoms with Crippen molar-refractivity contribution >= 4 is 11.9 Å². The number of hydrogen-bond donors (Lipinski definition) is 2. The SMILES string of the molecule is C[C@H](N[C@H]1CCCC[C@H]1C)C(=O)N1CCNC1=O. The normalized spacial score (nSPS) is 30.1. The summed E-state index contributed by atoms with van der Waals surface area (Å²) >= 11 is 0. The monoisotopic (exact) mass is 253 g/mol. The molecule has 18 heavy (non-hydrogen) atoms. The van der Waals surface area contributed by atoms with Gasteiger partial charge in [-0.25, -0.2) is 4.79 Å². The summed E-state index contributed by atoms with van der Waals surface area (Å²) in [6.07, 6.45) is 4.87. The molecule has 2 rings (SSSR count). The maximum Gasteiger partial charge on any atom is 0.324 e. The first kappa shape index (κ1) is 13.3. The molecule has 1 aliphatic heterocycles. The van der Waals surface area contributed by atoms with Crippen molar-refractivity contribution in [3.8, 4) is 0 Å². The molecule has 3 amide bonds. The molecule has 5 nitrogen and oxygen atoms in total. The van der Waals surface area contributed by atoms with Crippen LogP contribution >= 0.6 is 0 Å². The molecule has 2 aliphatic rings. The lowest BCUT2D eigenvalue weighted by atomic mass is 9.85. The Morgan fingerprint density at radius 1 is 1.44 bits per heavy atom. The second kappa shape index (κ2) is 5.69. The topological polar surface area (TPSA) is 61.4 Å². The molecule has 3 atom stereocenters. The summed E-state index contributed by atoms with van der Waals surface area (Å²) in [6.45, 7) is 5.15. The molecular weight excluding hydrogens is 230 g/mol. The fraction of sp³-hybridized carbons (Fsp3) is 0.846. The van der Waals surface area contributed by atoms with E-state index in [-0.39, 0.29) is 18.0 Å². The van der Waals surface area contributed by atoms with E-state index in [1.807, 2.05) is 6.92 Å². The van der Waals surface area contributed by atoms with Crippen LogP contribution in [0.25, 0.3) is 0 Å². The van der Waals surface area contributed by atoms with Gasteiger partial charge in [-0.05, 0) is 25.7 Å². The maximum absolute atomic E-state index is 12.1. The standard InChI is InChI=1S/C13H23N3O2/c1-9-5-3-4-6-11(9)15-10(2)12(17)16-8-7-14-13(16)18/h9-11,15H,3-8H2,1-2H3,(H,14,18)/t9-,10+,11+/m1/s1. The molecule has 1 heterocycles. The van der Waals surface area contributed by atoms with Gasteiger partial charge in [0.25, 0.3) is 0 Å². The number of urea groups is 1. The molecule has 1 aliphatic carbocycles. The fourth-order valence-electron chi connectivity index (χ4n) is 2.87. The average molecular weight is 253 g/mol. The Bertz CT molecular complexity index is 332. The third-order valence-electron chi connectivity index (χ3n) is 4.07. The molecule has 0 radical (unpaired) electrons. The molecule has 0 unspecified atom stereocenters. The highest BCUT2D eigenvalue weighted by Gasteiger charge is 2.31.